The fraction of sp³-hybridized carbons (Fsp3) is 0. The summed E-state index contributed by atoms with van der Waals surface area (Å²) in [4.78, 5) is 0. The molecule has 6 aromatic carbocycles. The van der Waals surface area contributed by atoms with Crippen molar-refractivity contribution in [1.29, 1.82) is 0 Å². The van der Waals surface area contributed by atoms with Crippen molar-refractivity contribution in [2.45, 2.75) is 0 Å². The number of furan rings is 1. The van der Waals surface area contributed by atoms with Gasteiger partial charge in [0, 0.05) is 27.2 Å². The topological polar surface area (TPSA) is 18.1 Å². The largest absolute Gasteiger partial charge is 0.456 e. The second kappa shape index (κ2) is 7.34. The number of aromatic nitrogens is 1. The zero-order valence-electron chi connectivity index (χ0n) is 19.5. The second-order valence-corrected chi connectivity index (χ2v) is 9.43. The minimum absolute atomic E-state index is 0.923. The molecule has 168 valence electrons. The molecule has 2 heterocycles. The number of benzene rings is 6. The molecule has 0 saturated carbocycles. The van der Waals surface area contributed by atoms with Gasteiger partial charge in [-0.15, -0.1) is 0 Å². The Bertz CT molecular complexity index is 2110. The molecule has 0 N–H and O–H groups in total. The van der Waals surface area contributed by atoms with Crippen molar-refractivity contribution in [2.75, 3.05) is 0 Å². The van der Waals surface area contributed by atoms with E-state index in [4.69, 9.17) is 4.42 Å². The maximum absolute atomic E-state index is 6.06. The minimum atomic E-state index is 0.923. The maximum atomic E-state index is 6.06. The Balaban J connectivity index is 1.39. The number of hydrogen-bond donors (Lipinski definition) is 0. The van der Waals surface area contributed by atoms with Crippen LogP contribution >= 0.6 is 0 Å². The van der Waals surface area contributed by atoms with E-state index in [0.717, 1.165) is 21.9 Å². The van der Waals surface area contributed by atoms with E-state index in [-0.39, 0.29) is 0 Å². The lowest BCUT2D eigenvalue weighted by Crippen LogP contribution is -1.94. The van der Waals surface area contributed by atoms with E-state index < -0.39 is 0 Å². The van der Waals surface area contributed by atoms with Gasteiger partial charge in [-0.05, 0) is 64.4 Å². The molecule has 0 amide bonds. The van der Waals surface area contributed by atoms with Crippen LogP contribution in [0.3, 0.4) is 0 Å². The van der Waals surface area contributed by atoms with Crippen molar-refractivity contribution in [1.82, 2.24) is 4.57 Å². The van der Waals surface area contributed by atoms with Crippen molar-refractivity contribution in [3.8, 4) is 16.8 Å². The van der Waals surface area contributed by atoms with Crippen molar-refractivity contribution in [2.24, 2.45) is 0 Å². The Morgan fingerprint density at radius 1 is 0.417 bits per heavy atom. The van der Waals surface area contributed by atoms with Crippen molar-refractivity contribution >= 4 is 54.5 Å². The Kier molecular flexibility index (Phi) is 3.97. The van der Waals surface area contributed by atoms with E-state index in [2.05, 4.69) is 120 Å². The van der Waals surface area contributed by atoms with Gasteiger partial charge in [0.05, 0.1) is 11.0 Å². The standard InChI is InChI=1S/C34H21NO/c1-2-8-23-19-26(16-13-22(23)7-1)35-31-11-5-3-9-27(31)28-17-14-25(21-32(28)35)24-15-18-34-30(20-24)29-10-4-6-12-33(29)36-34/h1-21H. The molecule has 2 aromatic heterocycles. The third-order valence-electron chi connectivity index (χ3n) is 7.38. The van der Waals surface area contributed by atoms with Crippen LogP contribution in [0.25, 0.3) is 71.3 Å². The highest BCUT2D eigenvalue weighted by Crippen LogP contribution is 2.37. The van der Waals surface area contributed by atoms with E-state index >= 15 is 0 Å². The molecule has 8 aromatic rings. The average molecular weight is 460 g/mol. The number of nitrogens with zero attached hydrogens (tertiary/aromatic N) is 1. The van der Waals surface area contributed by atoms with Crippen LogP contribution < -0.4 is 0 Å². The Labute approximate surface area is 207 Å². The maximum Gasteiger partial charge on any atom is 0.135 e. The molecule has 36 heavy (non-hydrogen) atoms. The van der Waals surface area contributed by atoms with E-state index in [0.29, 0.717) is 0 Å². The van der Waals surface area contributed by atoms with Gasteiger partial charge < -0.3 is 8.98 Å². The molecule has 2 nitrogen and oxygen atoms in total. The summed E-state index contributed by atoms with van der Waals surface area (Å²) < 4.78 is 8.46. The molecule has 0 fully saturated rings. The summed E-state index contributed by atoms with van der Waals surface area (Å²) >= 11 is 0. The average Bonchev–Trinajstić information content (AvgIpc) is 3.47. The lowest BCUT2D eigenvalue weighted by Gasteiger charge is -2.10. The molecule has 0 radical (unpaired) electrons. The number of hydrogen-bond acceptors (Lipinski definition) is 1. The van der Waals surface area contributed by atoms with Crippen LogP contribution in [0.1, 0.15) is 0 Å². The first-order chi connectivity index (χ1) is 17.8. The predicted molar refractivity (Wildman–Crippen MR) is 151 cm³/mol. The molecule has 0 atom stereocenters. The summed E-state index contributed by atoms with van der Waals surface area (Å²) in [5.74, 6) is 0. The van der Waals surface area contributed by atoms with Crippen LogP contribution in [0.4, 0.5) is 0 Å². The van der Waals surface area contributed by atoms with Crippen molar-refractivity contribution in [3.05, 3.63) is 127 Å². The van der Waals surface area contributed by atoms with Crippen LogP contribution in [0.2, 0.25) is 0 Å². The van der Waals surface area contributed by atoms with E-state index in [1.807, 2.05) is 12.1 Å². The van der Waals surface area contributed by atoms with Crippen LogP contribution in [0, 0.1) is 0 Å². The Morgan fingerprint density at radius 3 is 2.06 bits per heavy atom. The first-order valence-corrected chi connectivity index (χ1v) is 12.3. The number of fused-ring (bicyclic) bond motifs is 7. The lowest BCUT2D eigenvalue weighted by molar-refractivity contribution is 0.669. The summed E-state index contributed by atoms with van der Waals surface area (Å²) in [7, 11) is 0. The molecule has 0 spiro atoms. The highest BCUT2D eigenvalue weighted by atomic mass is 16.3. The van der Waals surface area contributed by atoms with Gasteiger partial charge in [-0.1, -0.05) is 84.9 Å². The summed E-state index contributed by atoms with van der Waals surface area (Å²) in [6.07, 6.45) is 0. The smallest absolute Gasteiger partial charge is 0.135 e. The quantitative estimate of drug-likeness (QED) is 0.252. The van der Waals surface area contributed by atoms with Crippen LogP contribution in [-0.4, -0.2) is 4.57 Å². The normalized spacial score (nSPS) is 11.9. The van der Waals surface area contributed by atoms with E-state index in [1.165, 1.54) is 49.4 Å². The molecule has 0 saturated heterocycles. The molecular formula is C34H21NO. The van der Waals surface area contributed by atoms with Gasteiger partial charge in [-0.25, -0.2) is 0 Å². The molecule has 0 bridgehead atoms. The van der Waals surface area contributed by atoms with Crippen molar-refractivity contribution < 1.29 is 4.42 Å². The molecular weight excluding hydrogens is 438 g/mol. The third kappa shape index (κ3) is 2.79. The molecule has 0 aliphatic rings. The van der Waals surface area contributed by atoms with Gasteiger partial charge in [0.25, 0.3) is 0 Å². The minimum Gasteiger partial charge on any atom is -0.456 e. The zero-order valence-corrected chi connectivity index (χ0v) is 19.5. The second-order valence-electron chi connectivity index (χ2n) is 9.43. The number of rotatable bonds is 2. The first-order valence-electron chi connectivity index (χ1n) is 12.3. The van der Waals surface area contributed by atoms with E-state index in [9.17, 15) is 0 Å². The zero-order chi connectivity index (χ0) is 23.6. The van der Waals surface area contributed by atoms with Crippen LogP contribution in [0.5, 0.6) is 0 Å². The van der Waals surface area contributed by atoms with Crippen LogP contribution in [-0.2, 0) is 0 Å². The SMILES string of the molecule is c1ccc2cc(-n3c4ccccc4c4ccc(-c5ccc6oc7ccccc7c6c5)cc43)ccc2c1. The van der Waals surface area contributed by atoms with Gasteiger partial charge in [-0.2, -0.15) is 0 Å². The fourth-order valence-electron chi connectivity index (χ4n) is 5.65. The Morgan fingerprint density at radius 2 is 1.11 bits per heavy atom. The molecule has 0 aliphatic heterocycles. The summed E-state index contributed by atoms with van der Waals surface area (Å²) in [5, 5.41) is 7.33. The van der Waals surface area contributed by atoms with Gasteiger partial charge in [0.2, 0.25) is 0 Å². The molecule has 0 aliphatic carbocycles. The first kappa shape index (κ1) is 19.5. The van der Waals surface area contributed by atoms with Gasteiger partial charge in [0.1, 0.15) is 11.2 Å². The third-order valence-corrected chi connectivity index (χ3v) is 7.38. The molecule has 0 unspecified atom stereocenters. The highest BCUT2D eigenvalue weighted by Gasteiger charge is 2.14. The summed E-state index contributed by atoms with van der Waals surface area (Å²) in [5.41, 5.74) is 7.83. The van der Waals surface area contributed by atoms with E-state index in [1.54, 1.807) is 0 Å². The summed E-state index contributed by atoms with van der Waals surface area (Å²) in [6.45, 7) is 0. The summed E-state index contributed by atoms with van der Waals surface area (Å²) in [6, 6.07) is 45.5. The lowest BCUT2D eigenvalue weighted by atomic mass is 10.0. The fourth-order valence-corrected chi connectivity index (χ4v) is 5.65. The number of para-hydroxylation sites is 2. The monoisotopic (exact) mass is 459 g/mol. The Hall–Kier alpha value is -4.82. The highest BCUT2D eigenvalue weighted by molar-refractivity contribution is 6.11. The molecule has 2 heteroatoms. The van der Waals surface area contributed by atoms with Crippen molar-refractivity contribution in [3.63, 3.8) is 0 Å². The van der Waals surface area contributed by atoms with Crippen LogP contribution in [0.15, 0.2) is 132 Å². The van der Waals surface area contributed by atoms with Gasteiger partial charge in [-0.3, -0.25) is 0 Å². The van der Waals surface area contributed by atoms with Gasteiger partial charge in [0.15, 0.2) is 0 Å². The predicted octanol–water partition coefficient (Wildman–Crippen LogP) is 9.50. The molecule has 8 rings (SSSR count). The van der Waals surface area contributed by atoms with Gasteiger partial charge >= 0.3 is 0 Å².